The van der Waals surface area contributed by atoms with Gasteiger partial charge in [-0.3, -0.25) is 4.98 Å². The first-order valence-corrected chi connectivity index (χ1v) is 6.55. The third-order valence-electron chi connectivity index (χ3n) is 3.14. The summed E-state index contributed by atoms with van der Waals surface area (Å²) in [6, 6.07) is 6.44. The van der Waals surface area contributed by atoms with Gasteiger partial charge in [0.2, 0.25) is 11.8 Å². The van der Waals surface area contributed by atoms with E-state index in [0.717, 1.165) is 18.5 Å². The zero-order chi connectivity index (χ0) is 17.3. The molecular formula is C15H8F3N3O3. The molecule has 0 bridgehead atoms. The minimum atomic E-state index is -4.60. The highest BCUT2D eigenvalue weighted by molar-refractivity contribution is 5.89. The Labute approximate surface area is 132 Å². The Bertz CT molecular complexity index is 906. The molecule has 0 fully saturated rings. The highest BCUT2D eigenvalue weighted by atomic mass is 19.4. The second-order valence-electron chi connectivity index (χ2n) is 4.72. The summed E-state index contributed by atoms with van der Waals surface area (Å²) in [5.74, 6) is -1.60. The lowest BCUT2D eigenvalue weighted by Gasteiger charge is -2.08. The summed E-state index contributed by atoms with van der Waals surface area (Å²) in [4.78, 5) is 14.6. The zero-order valence-electron chi connectivity index (χ0n) is 11.8. The molecule has 6 nitrogen and oxygen atoms in total. The fourth-order valence-corrected chi connectivity index (χ4v) is 2.05. The van der Waals surface area contributed by atoms with Gasteiger partial charge in [-0.25, -0.2) is 4.79 Å². The Hall–Kier alpha value is -3.23. The van der Waals surface area contributed by atoms with Crippen molar-refractivity contribution in [3.05, 3.63) is 53.9 Å². The van der Waals surface area contributed by atoms with E-state index in [1.54, 1.807) is 0 Å². The van der Waals surface area contributed by atoms with Crippen LogP contribution in [0.5, 0.6) is 0 Å². The van der Waals surface area contributed by atoms with E-state index in [9.17, 15) is 18.0 Å². The summed E-state index contributed by atoms with van der Waals surface area (Å²) >= 11 is 0. The number of aromatic carboxylic acids is 1. The van der Waals surface area contributed by atoms with E-state index in [4.69, 9.17) is 9.52 Å². The van der Waals surface area contributed by atoms with Crippen LogP contribution in [0.1, 0.15) is 15.9 Å². The number of halogens is 3. The van der Waals surface area contributed by atoms with Crippen molar-refractivity contribution >= 4 is 5.97 Å². The Morgan fingerprint density at radius 3 is 2.58 bits per heavy atom. The Morgan fingerprint density at radius 2 is 1.88 bits per heavy atom. The number of nitrogens with zero attached hydrogens (tertiary/aromatic N) is 3. The highest BCUT2D eigenvalue weighted by Crippen LogP contribution is 2.36. The van der Waals surface area contributed by atoms with E-state index in [1.807, 2.05) is 0 Å². The van der Waals surface area contributed by atoms with Crippen LogP contribution in [0.2, 0.25) is 0 Å². The minimum Gasteiger partial charge on any atom is -0.478 e. The monoisotopic (exact) mass is 335 g/mol. The molecule has 0 saturated carbocycles. The van der Waals surface area contributed by atoms with Gasteiger partial charge in [-0.05, 0) is 24.3 Å². The Balaban J connectivity index is 2.04. The molecule has 1 N–H and O–H groups in total. The molecule has 122 valence electrons. The zero-order valence-corrected chi connectivity index (χ0v) is 11.8. The van der Waals surface area contributed by atoms with Gasteiger partial charge in [0, 0.05) is 18.0 Å². The number of benzene rings is 1. The van der Waals surface area contributed by atoms with Crippen LogP contribution >= 0.6 is 0 Å². The third-order valence-corrected chi connectivity index (χ3v) is 3.14. The maximum atomic E-state index is 13.0. The largest absolute Gasteiger partial charge is 0.478 e. The number of alkyl halides is 3. The molecule has 0 atom stereocenters. The summed E-state index contributed by atoms with van der Waals surface area (Å²) in [6.45, 7) is 0. The van der Waals surface area contributed by atoms with Crippen molar-refractivity contribution in [3.8, 4) is 22.9 Å². The van der Waals surface area contributed by atoms with Crippen LogP contribution in [0.3, 0.4) is 0 Å². The average Bonchev–Trinajstić information content (AvgIpc) is 3.04. The predicted molar refractivity (Wildman–Crippen MR) is 74.9 cm³/mol. The molecule has 24 heavy (non-hydrogen) atoms. The van der Waals surface area contributed by atoms with E-state index < -0.39 is 17.7 Å². The van der Waals surface area contributed by atoms with Crippen molar-refractivity contribution < 1.29 is 27.5 Å². The molecule has 2 heterocycles. The molecule has 0 spiro atoms. The van der Waals surface area contributed by atoms with Gasteiger partial charge in [-0.1, -0.05) is 6.07 Å². The number of aromatic nitrogens is 3. The van der Waals surface area contributed by atoms with Crippen molar-refractivity contribution in [2.24, 2.45) is 0 Å². The van der Waals surface area contributed by atoms with E-state index >= 15 is 0 Å². The van der Waals surface area contributed by atoms with E-state index in [2.05, 4.69) is 15.2 Å². The number of hydrogen-bond acceptors (Lipinski definition) is 5. The summed E-state index contributed by atoms with van der Waals surface area (Å²) < 4.78 is 44.3. The normalized spacial score (nSPS) is 11.5. The molecule has 0 aliphatic carbocycles. The lowest BCUT2D eigenvalue weighted by molar-refractivity contribution is -0.137. The summed E-state index contributed by atoms with van der Waals surface area (Å²) in [6.07, 6.45) is -2.61. The quantitative estimate of drug-likeness (QED) is 0.788. The summed E-state index contributed by atoms with van der Waals surface area (Å²) in [7, 11) is 0. The predicted octanol–water partition coefficient (Wildman–Crippen LogP) is 3.52. The smallest absolute Gasteiger partial charge is 0.417 e. The molecule has 9 heteroatoms. The van der Waals surface area contributed by atoms with Crippen LogP contribution in [0, 0.1) is 0 Å². The molecule has 2 aromatic heterocycles. The van der Waals surface area contributed by atoms with E-state index in [-0.39, 0.29) is 28.5 Å². The first-order valence-electron chi connectivity index (χ1n) is 6.55. The van der Waals surface area contributed by atoms with Crippen molar-refractivity contribution in [3.63, 3.8) is 0 Å². The van der Waals surface area contributed by atoms with Crippen molar-refractivity contribution in [1.29, 1.82) is 0 Å². The van der Waals surface area contributed by atoms with Crippen LogP contribution in [0.4, 0.5) is 13.2 Å². The highest BCUT2D eigenvalue weighted by Gasteiger charge is 2.35. The molecule has 3 rings (SSSR count). The van der Waals surface area contributed by atoms with Gasteiger partial charge in [0.25, 0.3) is 0 Å². The maximum Gasteiger partial charge on any atom is 0.417 e. The summed E-state index contributed by atoms with van der Waals surface area (Å²) in [5.41, 5.74) is -1.03. The SMILES string of the molecule is O=C(O)c1cccc(-c2nnc(-c3cnccc3C(F)(F)F)o2)c1. The number of carboxylic acids is 1. The maximum absolute atomic E-state index is 13.0. The van der Waals surface area contributed by atoms with Crippen LogP contribution < -0.4 is 0 Å². The first-order chi connectivity index (χ1) is 11.4. The lowest BCUT2D eigenvalue weighted by Crippen LogP contribution is -2.07. The molecule has 3 aromatic rings. The molecule has 0 saturated heterocycles. The van der Waals surface area contributed by atoms with Gasteiger partial charge >= 0.3 is 12.1 Å². The Morgan fingerprint density at radius 1 is 1.12 bits per heavy atom. The van der Waals surface area contributed by atoms with E-state index in [0.29, 0.717) is 0 Å². The number of hydrogen-bond donors (Lipinski definition) is 1. The van der Waals surface area contributed by atoms with Gasteiger partial charge < -0.3 is 9.52 Å². The molecule has 0 aliphatic rings. The van der Waals surface area contributed by atoms with Crippen LogP contribution in [0.15, 0.2) is 47.1 Å². The second-order valence-corrected chi connectivity index (χ2v) is 4.72. The number of pyridine rings is 1. The average molecular weight is 335 g/mol. The van der Waals surface area contributed by atoms with Gasteiger partial charge in [0.15, 0.2) is 0 Å². The van der Waals surface area contributed by atoms with Crippen LogP contribution in [-0.2, 0) is 6.18 Å². The molecule has 0 amide bonds. The number of rotatable bonds is 3. The van der Waals surface area contributed by atoms with E-state index in [1.165, 1.54) is 24.3 Å². The molecule has 0 aliphatic heterocycles. The number of carbonyl (C=O) groups is 1. The van der Waals surface area contributed by atoms with Gasteiger partial charge in [-0.15, -0.1) is 10.2 Å². The standard InChI is InChI=1S/C15H8F3N3O3/c16-15(17,18)11-4-5-19-7-10(11)13-21-20-12(24-13)8-2-1-3-9(6-8)14(22)23/h1-7H,(H,22,23). The molecule has 1 aromatic carbocycles. The van der Waals surface area contributed by atoms with Crippen LogP contribution in [-0.4, -0.2) is 26.3 Å². The van der Waals surface area contributed by atoms with Gasteiger partial charge in [-0.2, -0.15) is 13.2 Å². The van der Waals surface area contributed by atoms with Gasteiger partial charge in [0.1, 0.15) is 0 Å². The fourth-order valence-electron chi connectivity index (χ4n) is 2.05. The minimum absolute atomic E-state index is 0.00962. The van der Waals surface area contributed by atoms with Crippen molar-refractivity contribution in [2.45, 2.75) is 6.18 Å². The topological polar surface area (TPSA) is 89.1 Å². The summed E-state index contributed by atoms with van der Waals surface area (Å²) in [5, 5.41) is 16.3. The van der Waals surface area contributed by atoms with Crippen molar-refractivity contribution in [1.82, 2.24) is 15.2 Å². The number of carboxylic acid groups (broad SMARTS) is 1. The first kappa shape index (κ1) is 15.7. The third kappa shape index (κ3) is 2.96. The second kappa shape index (κ2) is 5.76. The van der Waals surface area contributed by atoms with Crippen molar-refractivity contribution in [2.75, 3.05) is 0 Å². The molecule has 0 radical (unpaired) electrons. The fraction of sp³-hybridized carbons (Fsp3) is 0.0667. The van der Waals surface area contributed by atoms with Crippen LogP contribution in [0.25, 0.3) is 22.9 Å². The van der Waals surface area contributed by atoms with Gasteiger partial charge in [0.05, 0.1) is 16.7 Å². The Kier molecular flexibility index (Phi) is 3.76. The molecule has 0 unspecified atom stereocenters. The molecular weight excluding hydrogens is 327 g/mol. The lowest BCUT2D eigenvalue weighted by atomic mass is 10.1.